The Balaban J connectivity index is 2.00. The van der Waals surface area contributed by atoms with E-state index in [9.17, 15) is 4.79 Å². The highest BCUT2D eigenvalue weighted by atomic mass is 32.2. The van der Waals surface area contributed by atoms with Gasteiger partial charge >= 0.3 is 0 Å². The van der Waals surface area contributed by atoms with E-state index >= 15 is 0 Å². The Bertz CT molecular complexity index is 583. The average molecular weight is 242 g/mol. The van der Waals surface area contributed by atoms with Crippen molar-refractivity contribution >= 4 is 35.2 Å². The maximum atomic E-state index is 10.4. The summed E-state index contributed by atoms with van der Waals surface area (Å²) in [7, 11) is 0. The summed E-state index contributed by atoms with van der Waals surface area (Å²) in [6, 6.07) is 14.0. The van der Waals surface area contributed by atoms with E-state index in [-0.39, 0.29) is 0 Å². The van der Waals surface area contributed by atoms with E-state index in [0.29, 0.717) is 6.41 Å². The molecule has 0 bridgehead atoms. The minimum atomic E-state index is 0.686. The summed E-state index contributed by atoms with van der Waals surface area (Å²) >= 11 is 1.73. The number of nitrogens with one attached hydrogen (secondary N) is 2. The second-order valence-electron chi connectivity index (χ2n) is 3.70. The third-order valence-electron chi connectivity index (χ3n) is 2.58. The van der Waals surface area contributed by atoms with Gasteiger partial charge in [-0.25, -0.2) is 0 Å². The predicted octanol–water partition coefficient (Wildman–Crippen LogP) is 3.46. The number of fused-ring (bicyclic) bond motifs is 2. The average Bonchev–Trinajstić information content (AvgIpc) is 2.36. The lowest BCUT2D eigenvalue weighted by atomic mass is 10.2. The molecule has 0 aromatic heterocycles. The molecule has 3 nitrogen and oxygen atoms in total. The molecule has 84 valence electrons. The quantitative estimate of drug-likeness (QED) is 0.676. The number of anilines is 3. The fourth-order valence-electron chi connectivity index (χ4n) is 1.80. The Morgan fingerprint density at radius 2 is 1.88 bits per heavy atom. The molecule has 3 rings (SSSR count). The number of rotatable bonds is 2. The Labute approximate surface area is 103 Å². The lowest BCUT2D eigenvalue weighted by Gasteiger charge is -2.21. The maximum Gasteiger partial charge on any atom is 0.211 e. The van der Waals surface area contributed by atoms with E-state index in [1.165, 1.54) is 9.79 Å². The van der Waals surface area contributed by atoms with Crippen molar-refractivity contribution in [3.05, 3.63) is 42.5 Å². The Kier molecular flexibility index (Phi) is 2.49. The van der Waals surface area contributed by atoms with Crippen LogP contribution < -0.4 is 10.6 Å². The van der Waals surface area contributed by atoms with E-state index in [1.807, 2.05) is 36.4 Å². The van der Waals surface area contributed by atoms with Gasteiger partial charge in [-0.1, -0.05) is 23.9 Å². The second-order valence-corrected chi connectivity index (χ2v) is 4.78. The molecule has 2 aromatic carbocycles. The zero-order chi connectivity index (χ0) is 11.7. The van der Waals surface area contributed by atoms with Crippen LogP contribution in [0.4, 0.5) is 17.1 Å². The van der Waals surface area contributed by atoms with Crippen LogP contribution in [0.15, 0.2) is 52.3 Å². The first-order chi connectivity index (χ1) is 8.36. The van der Waals surface area contributed by atoms with E-state index < -0.39 is 0 Å². The monoisotopic (exact) mass is 242 g/mol. The maximum absolute atomic E-state index is 10.4. The first-order valence-corrected chi connectivity index (χ1v) is 6.06. The number of hydrogen-bond donors (Lipinski definition) is 2. The molecule has 1 heterocycles. The molecule has 0 aliphatic carbocycles. The van der Waals surface area contributed by atoms with Gasteiger partial charge in [0, 0.05) is 15.5 Å². The molecule has 4 heteroatoms. The molecule has 17 heavy (non-hydrogen) atoms. The van der Waals surface area contributed by atoms with Crippen LogP contribution >= 0.6 is 11.8 Å². The minimum absolute atomic E-state index is 0.686. The lowest BCUT2D eigenvalue weighted by molar-refractivity contribution is -0.105. The van der Waals surface area contributed by atoms with Gasteiger partial charge in [0.05, 0.1) is 11.4 Å². The van der Waals surface area contributed by atoms with Gasteiger partial charge in [0.1, 0.15) is 0 Å². The smallest absolute Gasteiger partial charge is 0.211 e. The van der Waals surface area contributed by atoms with Crippen molar-refractivity contribution in [2.45, 2.75) is 9.79 Å². The summed E-state index contributed by atoms with van der Waals surface area (Å²) in [6.45, 7) is 0. The summed E-state index contributed by atoms with van der Waals surface area (Å²) in [5.41, 5.74) is 2.93. The first-order valence-electron chi connectivity index (χ1n) is 5.25. The second kappa shape index (κ2) is 4.14. The van der Waals surface area contributed by atoms with Gasteiger partial charge in [-0.3, -0.25) is 4.79 Å². The summed E-state index contributed by atoms with van der Waals surface area (Å²) in [4.78, 5) is 12.8. The highest BCUT2D eigenvalue weighted by Crippen LogP contribution is 2.44. The van der Waals surface area contributed by atoms with E-state index in [4.69, 9.17) is 0 Å². The Morgan fingerprint density at radius 3 is 2.76 bits per heavy atom. The van der Waals surface area contributed by atoms with E-state index in [2.05, 4.69) is 16.7 Å². The molecule has 0 saturated heterocycles. The van der Waals surface area contributed by atoms with Crippen LogP contribution in [-0.4, -0.2) is 6.41 Å². The van der Waals surface area contributed by atoms with Crippen molar-refractivity contribution in [1.29, 1.82) is 0 Å². The van der Waals surface area contributed by atoms with Gasteiger partial charge in [-0.15, -0.1) is 0 Å². The minimum Gasteiger partial charge on any atom is -0.354 e. The molecule has 0 spiro atoms. The van der Waals surface area contributed by atoms with Gasteiger partial charge in [-0.05, 0) is 30.3 Å². The first kappa shape index (κ1) is 10.2. The number of carbonyl (C=O) groups is 1. The van der Waals surface area contributed by atoms with Crippen molar-refractivity contribution < 1.29 is 4.79 Å². The lowest BCUT2D eigenvalue weighted by Crippen LogP contribution is -2.01. The van der Waals surface area contributed by atoms with Crippen molar-refractivity contribution in [3.8, 4) is 0 Å². The largest absolute Gasteiger partial charge is 0.354 e. The number of para-hydroxylation sites is 1. The molecule has 0 atom stereocenters. The van der Waals surface area contributed by atoms with Gasteiger partial charge < -0.3 is 10.6 Å². The third kappa shape index (κ3) is 1.87. The number of hydrogen-bond acceptors (Lipinski definition) is 3. The molecule has 1 aliphatic rings. The number of carbonyl (C=O) groups excluding carboxylic acids is 1. The predicted molar refractivity (Wildman–Crippen MR) is 70.0 cm³/mol. The summed E-state index contributed by atoms with van der Waals surface area (Å²) in [6.07, 6.45) is 0.686. The highest BCUT2D eigenvalue weighted by Gasteiger charge is 2.14. The van der Waals surface area contributed by atoms with Crippen molar-refractivity contribution in [3.63, 3.8) is 0 Å². The Morgan fingerprint density at radius 1 is 1.06 bits per heavy atom. The summed E-state index contributed by atoms with van der Waals surface area (Å²) in [5, 5.41) is 6.01. The zero-order valence-electron chi connectivity index (χ0n) is 8.94. The molecule has 0 unspecified atom stereocenters. The molecule has 0 radical (unpaired) electrons. The third-order valence-corrected chi connectivity index (χ3v) is 3.73. The molecule has 0 fully saturated rings. The van der Waals surface area contributed by atoms with Crippen LogP contribution in [0.3, 0.4) is 0 Å². The number of amides is 1. The SMILES string of the molecule is O=CNc1ccc2c(c1)Nc1ccccc1S2. The van der Waals surface area contributed by atoms with Gasteiger partial charge in [-0.2, -0.15) is 0 Å². The van der Waals surface area contributed by atoms with E-state index in [1.54, 1.807) is 11.8 Å². The van der Waals surface area contributed by atoms with E-state index in [0.717, 1.165) is 17.1 Å². The van der Waals surface area contributed by atoms with Gasteiger partial charge in [0.2, 0.25) is 6.41 Å². The summed E-state index contributed by atoms with van der Waals surface area (Å²) in [5.74, 6) is 0. The fraction of sp³-hybridized carbons (Fsp3) is 0. The van der Waals surface area contributed by atoms with Crippen molar-refractivity contribution in [1.82, 2.24) is 0 Å². The molecule has 1 amide bonds. The van der Waals surface area contributed by atoms with Crippen molar-refractivity contribution in [2.75, 3.05) is 10.6 Å². The molecule has 0 saturated carbocycles. The van der Waals surface area contributed by atoms with Gasteiger partial charge in [0.25, 0.3) is 0 Å². The fourth-order valence-corrected chi connectivity index (χ4v) is 2.77. The van der Waals surface area contributed by atoms with Gasteiger partial charge in [0.15, 0.2) is 0 Å². The highest BCUT2D eigenvalue weighted by molar-refractivity contribution is 7.99. The van der Waals surface area contributed by atoms with Crippen LogP contribution in [0.5, 0.6) is 0 Å². The van der Waals surface area contributed by atoms with Crippen LogP contribution in [0.1, 0.15) is 0 Å². The van der Waals surface area contributed by atoms with Crippen LogP contribution in [0.2, 0.25) is 0 Å². The number of benzene rings is 2. The topological polar surface area (TPSA) is 41.1 Å². The van der Waals surface area contributed by atoms with Crippen molar-refractivity contribution in [2.24, 2.45) is 0 Å². The molecule has 2 aromatic rings. The van der Waals surface area contributed by atoms with Crippen LogP contribution in [-0.2, 0) is 4.79 Å². The molecular weight excluding hydrogens is 232 g/mol. The normalized spacial score (nSPS) is 12.0. The zero-order valence-corrected chi connectivity index (χ0v) is 9.75. The Hall–Kier alpha value is -1.94. The molecule has 1 aliphatic heterocycles. The van der Waals surface area contributed by atoms with Crippen LogP contribution in [0, 0.1) is 0 Å². The molecular formula is C13H10N2OS. The standard InChI is InChI=1S/C13H10N2OS/c16-8-14-9-5-6-13-11(7-9)15-10-3-1-2-4-12(10)17-13/h1-8,15H,(H,14,16). The summed E-state index contributed by atoms with van der Waals surface area (Å²) < 4.78 is 0. The van der Waals surface area contributed by atoms with Crippen LogP contribution in [0.25, 0.3) is 0 Å². The molecule has 2 N–H and O–H groups in total.